The maximum absolute atomic E-state index is 5.99. The Bertz CT molecular complexity index is 1250. The standard InChI is InChI=1S/C22H24N8O/c1-13-5-6-16(9-23-13)19-20-21(26-15(3)14(2)25-20)28-22(27-19)30-7-8-31-18(12-30)17-10-24-29(4)11-17/h5-6,9-11,18H,7-8,12H2,1-4H3. The van der Waals surface area contributed by atoms with Crippen molar-refractivity contribution < 1.29 is 4.74 Å². The third-order valence-electron chi connectivity index (χ3n) is 5.56. The summed E-state index contributed by atoms with van der Waals surface area (Å²) in [7, 11) is 1.90. The lowest BCUT2D eigenvalue weighted by Gasteiger charge is -2.32. The van der Waals surface area contributed by atoms with E-state index in [1.54, 1.807) is 4.68 Å². The number of rotatable bonds is 3. The second-order valence-electron chi connectivity index (χ2n) is 7.88. The Kier molecular flexibility index (Phi) is 4.82. The summed E-state index contributed by atoms with van der Waals surface area (Å²) in [6, 6.07) is 3.99. The Balaban J connectivity index is 1.60. The number of anilines is 1. The van der Waals surface area contributed by atoms with Crippen LogP contribution in [-0.2, 0) is 11.8 Å². The predicted molar refractivity (Wildman–Crippen MR) is 117 cm³/mol. The van der Waals surface area contributed by atoms with E-state index >= 15 is 0 Å². The molecular formula is C22H24N8O. The molecule has 9 nitrogen and oxygen atoms in total. The van der Waals surface area contributed by atoms with Gasteiger partial charge in [-0.15, -0.1) is 0 Å². The number of aromatic nitrogens is 7. The maximum atomic E-state index is 5.99. The molecule has 1 fully saturated rings. The molecule has 0 aliphatic carbocycles. The molecule has 1 aliphatic rings. The third-order valence-corrected chi connectivity index (χ3v) is 5.56. The van der Waals surface area contributed by atoms with E-state index in [0.29, 0.717) is 36.8 Å². The molecule has 0 N–H and O–H groups in total. The Morgan fingerprint density at radius 2 is 1.84 bits per heavy atom. The summed E-state index contributed by atoms with van der Waals surface area (Å²) in [5.74, 6) is 0.623. The van der Waals surface area contributed by atoms with Gasteiger partial charge >= 0.3 is 0 Å². The van der Waals surface area contributed by atoms with Crippen molar-refractivity contribution in [2.24, 2.45) is 7.05 Å². The monoisotopic (exact) mass is 416 g/mol. The summed E-state index contributed by atoms with van der Waals surface area (Å²) in [5.41, 5.74) is 6.65. The van der Waals surface area contributed by atoms with Crippen LogP contribution in [0.1, 0.15) is 28.7 Å². The number of pyridine rings is 1. The quantitative estimate of drug-likeness (QED) is 0.503. The van der Waals surface area contributed by atoms with Gasteiger partial charge in [-0.1, -0.05) is 0 Å². The maximum Gasteiger partial charge on any atom is 0.228 e. The van der Waals surface area contributed by atoms with E-state index in [9.17, 15) is 0 Å². The lowest BCUT2D eigenvalue weighted by atomic mass is 10.1. The first kappa shape index (κ1) is 19.5. The smallest absolute Gasteiger partial charge is 0.228 e. The molecule has 1 saturated heterocycles. The van der Waals surface area contributed by atoms with Crippen LogP contribution in [0.2, 0.25) is 0 Å². The Morgan fingerprint density at radius 3 is 2.58 bits per heavy atom. The van der Waals surface area contributed by atoms with Crippen molar-refractivity contribution in [3.63, 3.8) is 0 Å². The van der Waals surface area contributed by atoms with Gasteiger partial charge in [0.15, 0.2) is 5.65 Å². The normalized spacial score (nSPS) is 16.8. The first-order valence-corrected chi connectivity index (χ1v) is 10.3. The topological polar surface area (TPSA) is 94.7 Å². The van der Waals surface area contributed by atoms with E-state index in [1.165, 1.54) is 0 Å². The minimum atomic E-state index is -0.0860. The molecule has 4 aromatic rings. The van der Waals surface area contributed by atoms with E-state index in [0.717, 1.165) is 33.9 Å². The largest absolute Gasteiger partial charge is 0.370 e. The van der Waals surface area contributed by atoms with Crippen LogP contribution >= 0.6 is 0 Å². The van der Waals surface area contributed by atoms with E-state index in [4.69, 9.17) is 24.7 Å². The van der Waals surface area contributed by atoms with Gasteiger partial charge in [-0.2, -0.15) is 10.1 Å². The van der Waals surface area contributed by atoms with Crippen molar-refractivity contribution >= 4 is 17.1 Å². The molecule has 5 heterocycles. The van der Waals surface area contributed by atoms with E-state index in [-0.39, 0.29) is 6.10 Å². The summed E-state index contributed by atoms with van der Waals surface area (Å²) < 4.78 is 7.78. The molecule has 1 aliphatic heterocycles. The number of ether oxygens (including phenoxy) is 1. The SMILES string of the molecule is Cc1ccc(-c2nc(N3CCOC(c4cnn(C)c4)C3)nc3nc(C)c(C)nc23)cn1. The highest BCUT2D eigenvalue weighted by molar-refractivity contribution is 5.87. The zero-order valence-corrected chi connectivity index (χ0v) is 18.1. The van der Waals surface area contributed by atoms with Gasteiger partial charge < -0.3 is 9.64 Å². The molecule has 0 aromatic carbocycles. The van der Waals surface area contributed by atoms with Gasteiger partial charge in [0.25, 0.3) is 0 Å². The number of hydrogen-bond acceptors (Lipinski definition) is 8. The van der Waals surface area contributed by atoms with Gasteiger partial charge in [0.2, 0.25) is 5.95 Å². The van der Waals surface area contributed by atoms with Crippen molar-refractivity contribution in [2.45, 2.75) is 26.9 Å². The van der Waals surface area contributed by atoms with E-state index < -0.39 is 0 Å². The van der Waals surface area contributed by atoms with Crippen LogP contribution in [0, 0.1) is 20.8 Å². The van der Waals surface area contributed by atoms with Crippen molar-refractivity contribution in [3.05, 3.63) is 53.4 Å². The zero-order chi connectivity index (χ0) is 21.5. The van der Waals surface area contributed by atoms with E-state index in [2.05, 4.69) is 15.0 Å². The molecule has 0 amide bonds. The number of hydrogen-bond donors (Lipinski definition) is 0. The third kappa shape index (κ3) is 3.72. The summed E-state index contributed by atoms with van der Waals surface area (Å²) in [4.78, 5) is 25.8. The van der Waals surface area contributed by atoms with Gasteiger partial charge in [0, 0.05) is 42.8 Å². The second kappa shape index (κ2) is 7.66. The van der Waals surface area contributed by atoms with Gasteiger partial charge in [0.05, 0.1) is 30.7 Å². The van der Waals surface area contributed by atoms with Crippen molar-refractivity contribution in [2.75, 3.05) is 24.6 Å². The zero-order valence-electron chi connectivity index (χ0n) is 18.1. The first-order valence-electron chi connectivity index (χ1n) is 10.3. The Morgan fingerprint density at radius 1 is 1.00 bits per heavy atom. The lowest BCUT2D eigenvalue weighted by molar-refractivity contribution is 0.0392. The van der Waals surface area contributed by atoms with Gasteiger partial charge in [0.1, 0.15) is 17.3 Å². The van der Waals surface area contributed by atoms with Crippen molar-refractivity contribution in [1.29, 1.82) is 0 Å². The van der Waals surface area contributed by atoms with Crippen LogP contribution < -0.4 is 4.90 Å². The van der Waals surface area contributed by atoms with Gasteiger partial charge in [-0.05, 0) is 32.9 Å². The van der Waals surface area contributed by atoms with Gasteiger partial charge in [-0.3, -0.25) is 9.67 Å². The lowest BCUT2D eigenvalue weighted by Crippen LogP contribution is -2.39. The molecule has 31 heavy (non-hydrogen) atoms. The molecule has 0 bridgehead atoms. The molecule has 0 saturated carbocycles. The molecule has 5 rings (SSSR count). The molecule has 158 valence electrons. The van der Waals surface area contributed by atoms with Crippen LogP contribution in [0.15, 0.2) is 30.7 Å². The summed E-state index contributed by atoms with van der Waals surface area (Å²) >= 11 is 0. The average Bonchev–Trinajstić information content (AvgIpc) is 3.21. The molecule has 0 radical (unpaired) electrons. The molecule has 1 unspecified atom stereocenters. The highest BCUT2D eigenvalue weighted by Crippen LogP contribution is 2.29. The van der Waals surface area contributed by atoms with Crippen molar-refractivity contribution in [1.82, 2.24) is 34.7 Å². The van der Waals surface area contributed by atoms with E-state index in [1.807, 2.05) is 58.5 Å². The fraction of sp³-hybridized carbons (Fsp3) is 0.364. The van der Waals surface area contributed by atoms with Gasteiger partial charge in [-0.25, -0.2) is 15.0 Å². The minimum absolute atomic E-state index is 0.0860. The van der Waals surface area contributed by atoms with Crippen LogP contribution in [0.4, 0.5) is 5.95 Å². The second-order valence-corrected chi connectivity index (χ2v) is 7.88. The molecule has 1 atom stereocenters. The number of nitrogens with zero attached hydrogens (tertiary/aromatic N) is 8. The molecular weight excluding hydrogens is 392 g/mol. The summed E-state index contributed by atoms with van der Waals surface area (Å²) in [6.07, 6.45) is 5.57. The van der Waals surface area contributed by atoms with Crippen LogP contribution in [0.5, 0.6) is 0 Å². The number of fused-ring (bicyclic) bond motifs is 1. The molecule has 0 spiro atoms. The molecule has 4 aromatic heterocycles. The first-order chi connectivity index (χ1) is 15.0. The van der Waals surface area contributed by atoms with Crippen molar-refractivity contribution in [3.8, 4) is 11.3 Å². The fourth-order valence-corrected chi connectivity index (χ4v) is 3.69. The highest BCUT2D eigenvalue weighted by atomic mass is 16.5. The number of aryl methyl sites for hydroxylation is 4. The molecule has 9 heteroatoms. The van der Waals surface area contributed by atoms with Crippen LogP contribution in [-0.4, -0.2) is 54.4 Å². The summed E-state index contributed by atoms with van der Waals surface area (Å²) in [6.45, 7) is 7.79. The fourth-order valence-electron chi connectivity index (χ4n) is 3.69. The Hall–Kier alpha value is -3.46. The minimum Gasteiger partial charge on any atom is -0.370 e. The van der Waals surface area contributed by atoms with Crippen LogP contribution in [0.3, 0.4) is 0 Å². The predicted octanol–water partition coefficient (Wildman–Crippen LogP) is 2.72. The highest BCUT2D eigenvalue weighted by Gasteiger charge is 2.26. The average molecular weight is 416 g/mol. The summed E-state index contributed by atoms with van der Waals surface area (Å²) in [5, 5.41) is 4.27. The van der Waals surface area contributed by atoms with Crippen LogP contribution in [0.25, 0.3) is 22.4 Å². The Labute approximate surface area is 180 Å². The number of morpholine rings is 1.